The van der Waals surface area contributed by atoms with Crippen LogP contribution >= 0.6 is 0 Å². The second kappa shape index (κ2) is 10.2. The minimum absolute atomic E-state index is 0.0527. The van der Waals surface area contributed by atoms with E-state index >= 15 is 0 Å². The Bertz CT molecular complexity index is 715. The number of hydrazine groups is 1. The fraction of sp³-hybridized carbons (Fsp3) is 0.471. The van der Waals surface area contributed by atoms with E-state index in [1.807, 2.05) is 5.43 Å². The Kier molecular flexibility index (Phi) is 7.69. The van der Waals surface area contributed by atoms with E-state index in [9.17, 15) is 24.5 Å². The van der Waals surface area contributed by atoms with Crippen LogP contribution in [0, 0.1) is 10.1 Å². The Labute approximate surface area is 161 Å². The highest BCUT2D eigenvalue weighted by molar-refractivity contribution is 5.80. The molecule has 0 aromatic heterocycles. The minimum Gasteiger partial charge on any atom is -0.484 e. The van der Waals surface area contributed by atoms with Gasteiger partial charge in [0.2, 0.25) is 11.8 Å². The predicted octanol–water partition coefficient (Wildman–Crippen LogP) is -0.195. The van der Waals surface area contributed by atoms with Crippen molar-refractivity contribution in [3.05, 3.63) is 34.4 Å². The lowest BCUT2D eigenvalue weighted by molar-refractivity contribution is -0.384. The number of hydrogen-bond acceptors (Lipinski definition) is 7. The molecular formula is C17H23N5O6. The van der Waals surface area contributed by atoms with Crippen LogP contribution in [0.5, 0.6) is 5.75 Å². The van der Waals surface area contributed by atoms with E-state index in [2.05, 4.69) is 0 Å². The third-order valence-electron chi connectivity index (χ3n) is 4.35. The van der Waals surface area contributed by atoms with Crippen molar-refractivity contribution in [3.8, 4) is 5.75 Å². The number of amides is 3. The predicted molar refractivity (Wildman–Crippen MR) is 97.9 cm³/mol. The first-order valence-corrected chi connectivity index (χ1v) is 8.83. The molecule has 1 heterocycles. The van der Waals surface area contributed by atoms with Gasteiger partial charge in [-0.3, -0.25) is 29.9 Å². The second-order valence-electron chi connectivity index (χ2n) is 6.22. The summed E-state index contributed by atoms with van der Waals surface area (Å²) in [5.41, 5.74) is 1.97. The molecule has 11 nitrogen and oxygen atoms in total. The zero-order chi connectivity index (χ0) is 20.5. The van der Waals surface area contributed by atoms with Crippen LogP contribution in [0.15, 0.2) is 24.3 Å². The monoisotopic (exact) mass is 393 g/mol. The molecule has 0 saturated carbocycles. The highest BCUT2D eigenvalue weighted by Crippen LogP contribution is 2.17. The zero-order valence-corrected chi connectivity index (χ0v) is 15.3. The van der Waals surface area contributed by atoms with Gasteiger partial charge < -0.3 is 14.5 Å². The van der Waals surface area contributed by atoms with Crippen LogP contribution in [-0.2, 0) is 14.4 Å². The topological polar surface area (TPSA) is 148 Å². The third-order valence-corrected chi connectivity index (χ3v) is 4.35. The number of nitrogens with zero attached hydrogens (tertiary/aromatic N) is 3. The van der Waals surface area contributed by atoms with E-state index in [0.717, 1.165) is 0 Å². The molecule has 0 aliphatic carbocycles. The molecule has 0 spiro atoms. The number of benzene rings is 1. The average Bonchev–Trinajstić information content (AvgIpc) is 2.72. The van der Waals surface area contributed by atoms with Crippen molar-refractivity contribution < 1.29 is 24.0 Å². The standard InChI is InChI=1S/C17H23N5O6/c18-19-15(23)2-1-3-16(24)20-8-10-21(11-9-20)17(25)12-28-14-6-4-13(5-7-14)22(26)27/h4-7H,1-3,8-12,18H2,(H,19,23). The Morgan fingerprint density at radius 1 is 1.04 bits per heavy atom. The molecule has 0 unspecified atom stereocenters. The summed E-state index contributed by atoms with van der Waals surface area (Å²) in [6.45, 7) is 1.46. The Morgan fingerprint density at radius 3 is 2.14 bits per heavy atom. The Balaban J connectivity index is 1.70. The summed E-state index contributed by atoms with van der Waals surface area (Å²) < 4.78 is 5.37. The SMILES string of the molecule is NNC(=O)CCCC(=O)N1CCN(C(=O)COc2ccc([N+](=O)[O-])cc2)CC1. The van der Waals surface area contributed by atoms with E-state index in [0.29, 0.717) is 38.3 Å². The van der Waals surface area contributed by atoms with Crippen LogP contribution in [0.4, 0.5) is 5.69 Å². The number of carbonyl (C=O) groups excluding carboxylic acids is 3. The van der Waals surface area contributed by atoms with Crippen LogP contribution in [-0.4, -0.2) is 65.2 Å². The maximum atomic E-state index is 12.2. The number of ether oxygens (including phenoxy) is 1. The summed E-state index contributed by atoms with van der Waals surface area (Å²) >= 11 is 0. The maximum Gasteiger partial charge on any atom is 0.269 e. The van der Waals surface area contributed by atoms with E-state index in [1.54, 1.807) is 9.80 Å². The first kappa shape index (κ1) is 21.1. The summed E-state index contributed by atoms with van der Waals surface area (Å²) in [6, 6.07) is 5.49. The quantitative estimate of drug-likeness (QED) is 0.269. The summed E-state index contributed by atoms with van der Waals surface area (Å²) in [7, 11) is 0. The molecule has 3 amide bonds. The van der Waals surface area contributed by atoms with Gasteiger partial charge in [-0.25, -0.2) is 5.84 Å². The Hall–Kier alpha value is -3.21. The minimum atomic E-state index is -0.511. The molecule has 1 aliphatic heterocycles. The smallest absolute Gasteiger partial charge is 0.269 e. The van der Waals surface area contributed by atoms with Crippen LogP contribution in [0.25, 0.3) is 0 Å². The number of piperazine rings is 1. The number of rotatable bonds is 8. The summed E-state index contributed by atoms with van der Waals surface area (Å²) in [4.78, 5) is 48.8. The van der Waals surface area contributed by atoms with Gasteiger partial charge in [-0.1, -0.05) is 0 Å². The molecule has 2 rings (SSSR count). The number of non-ortho nitro benzene ring substituents is 1. The van der Waals surface area contributed by atoms with Crippen LogP contribution in [0.3, 0.4) is 0 Å². The fourth-order valence-electron chi connectivity index (χ4n) is 2.74. The summed E-state index contributed by atoms with van der Waals surface area (Å²) in [6.07, 6.45) is 0.870. The highest BCUT2D eigenvalue weighted by Gasteiger charge is 2.24. The van der Waals surface area contributed by atoms with Gasteiger partial charge in [0, 0.05) is 51.2 Å². The third kappa shape index (κ3) is 6.20. The Morgan fingerprint density at radius 2 is 1.61 bits per heavy atom. The van der Waals surface area contributed by atoms with E-state index in [4.69, 9.17) is 10.6 Å². The normalized spacial score (nSPS) is 13.8. The van der Waals surface area contributed by atoms with Crippen molar-refractivity contribution in [1.29, 1.82) is 0 Å². The molecule has 0 radical (unpaired) electrons. The molecule has 11 heteroatoms. The van der Waals surface area contributed by atoms with Crippen LogP contribution < -0.4 is 16.0 Å². The second-order valence-corrected chi connectivity index (χ2v) is 6.22. The summed E-state index contributed by atoms with van der Waals surface area (Å²) in [5, 5.41) is 10.6. The first-order valence-electron chi connectivity index (χ1n) is 8.83. The lowest BCUT2D eigenvalue weighted by Gasteiger charge is -2.34. The molecule has 1 aliphatic rings. The lowest BCUT2D eigenvalue weighted by atomic mass is 10.2. The molecule has 28 heavy (non-hydrogen) atoms. The number of carbonyl (C=O) groups is 3. The van der Waals surface area contributed by atoms with Crippen molar-refractivity contribution in [2.24, 2.45) is 5.84 Å². The first-order chi connectivity index (χ1) is 13.4. The lowest BCUT2D eigenvalue weighted by Crippen LogP contribution is -2.51. The number of hydrogen-bond donors (Lipinski definition) is 2. The van der Waals surface area contributed by atoms with Gasteiger partial charge in [-0.05, 0) is 18.6 Å². The molecule has 1 aromatic rings. The largest absolute Gasteiger partial charge is 0.484 e. The van der Waals surface area contributed by atoms with Gasteiger partial charge in [-0.15, -0.1) is 0 Å². The van der Waals surface area contributed by atoms with Crippen molar-refractivity contribution in [1.82, 2.24) is 15.2 Å². The van der Waals surface area contributed by atoms with E-state index in [-0.39, 0.29) is 42.9 Å². The molecule has 1 fully saturated rings. The molecule has 1 saturated heterocycles. The number of nitrogens with one attached hydrogen (secondary N) is 1. The molecule has 0 bridgehead atoms. The highest BCUT2D eigenvalue weighted by atomic mass is 16.6. The van der Waals surface area contributed by atoms with Crippen molar-refractivity contribution in [2.75, 3.05) is 32.8 Å². The van der Waals surface area contributed by atoms with Crippen LogP contribution in [0.2, 0.25) is 0 Å². The fourth-order valence-corrected chi connectivity index (χ4v) is 2.74. The van der Waals surface area contributed by atoms with Crippen molar-refractivity contribution in [2.45, 2.75) is 19.3 Å². The molecule has 152 valence electrons. The van der Waals surface area contributed by atoms with E-state index in [1.165, 1.54) is 24.3 Å². The van der Waals surface area contributed by atoms with E-state index < -0.39 is 4.92 Å². The van der Waals surface area contributed by atoms with Gasteiger partial charge in [0.1, 0.15) is 5.75 Å². The van der Waals surface area contributed by atoms with Gasteiger partial charge in [0.25, 0.3) is 11.6 Å². The zero-order valence-electron chi connectivity index (χ0n) is 15.3. The van der Waals surface area contributed by atoms with Crippen molar-refractivity contribution >= 4 is 23.4 Å². The molecular weight excluding hydrogens is 370 g/mol. The van der Waals surface area contributed by atoms with Crippen molar-refractivity contribution in [3.63, 3.8) is 0 Å². The number of nitrogens with two attached hydrogens (primary N) is 1. The molecule has 3 N–H and O–H groups in total. The van der Waals surface area contributed by atoms with Gasteiger partial charge in [0.05, 0.1) is 4.92 Å². The average molecular weight is 393 g/mol. The molecule has 0 atom stereocenters. The van der Waals surface area contributed by atoms with Gasteiger partial charge in [-0.2, -0.15) is 0 Å². The van der Waals surface area contributed by atoms with Gasteiger partial charge >= 0.3 is 0 Å². The maximum absolute atomic E-state index is 12.2. The molecule has 1 aromatic carbocycles. The number of nitro benzene ring substituents is 1. The van der Waals surface area contributed by atoms with Gasteiger partial charge in [0.15, 0.2) is 6.61 Å². The number of nitro groups is 1. The van der Waals surface area contributed by atoms with Crippen LogP contribution in [0.1, 0.15) is 19.3 Å². The summed E-state index contributed by atoms with van der Waals surface area (Å²) in [5.74, 6) is 4.77.